The van der Waals surface area contributed by atoms with Crippen LogP contribution in [0.1, 0.15) is 48.6 Å². The molecule has 2 aromatic heterocycles. The van der Waals surface area contributed by atoms with Crippen molar-refractivity contribution in [2.75, 3.05) is 25.6 Å². The van der Waals surface area contributed by atoms with E-state index in [1.165, 1.54) is 0 Å². The number of carbonyl (C=O) groups is 3. The third-order valence-corrected chi connectivity index (χ3v) is 7.09. The van der Waals surface area contributed by atoms with Crippen molar-refractivity contribution in [2.45, 2.75) is 50.7 Å². The summed E-state index contributed by atoms with van der Waals surface area (Å²) in [4.78, 5) is 37.7. The largest absolute Gasteiger partial charge is 0.481 e. The first-order chi connectivity index (χ1) is 19.3. The van der Waals surface area contributed by atoms with Crippen LogP contribution in [0.5, 0.6) is 11.5 Å². The lowest BCUT2D eigenvalue weighted by atomic mass is 9.94. The van der Waals surface area contributed by atoms with E-state index in [0.717, 1.165) is 60.8 Å². The molecule has 2 aliphatic heterocycles. The molecule has 0 amide bonds. The van der Waals surface area contributed by atoms with Crippen molar-refractivity contribution in [2.24, 2.45) is 0 Å². The molecule has 14 nitrogen and oxygen atoms in total. The topological polar surface area (TPSA) is 210 Å². The molecule has 1 unspecified atom stereocenters. The zero-order valence-corrected chi connectivity index (χ0v) is 22.9. The van der Waals surface area contributed by atoms with E-state index in [0.29, 0.717) is 22.5 Å². The highest BCUT2D eigenvalue weighted by Gasteiger charge is 2.40. The molecule has 15 heteroatoms. The summed E-state index contributed by atoms with van der Waals surface area (Å²) in [6, 6.07) is 7.76. The second-order valence-electron chi connectivity index (χ2n) is 10.0. The Labute approximate surface area is 238 Å². The van der Waals surface area contributed by atoms with Gasteiger partial charge in [-0.25, -0.2) is 9.78 Å². The van der Waals surface area contributed by atoms with Gasteiger partial charge in [0, 0.05) is 42.2 Å². The SMILES string of the molecule is Cc1cc2nc(C3CCCN(Cc4cc5c(cc4Cl)OCO5)C3)cc(N)n2n1.O=C(O)CC(O)(CC(=O)O)C(=O)O. The maximum absolute atomic E-state index is 10.3. The molecule has 1 aromatic carbocycles. The molecule has 0 bridgehead atoms. The number of ether oxygens (including phenoxy) is 2. The number of carboxylic acid groups (broad SMARTS) is 3. The van der Waals surface area contributed by atoms with Gasteiger partial charge in [-0.15, -0.1) is 0 Å². The van der Waals surface area contributed by atoms with Gasteiger partial charge in [0.1, 0.15) is 5.82 Å². The number of hydrogen-bond acceptors (Lipinski definition) is 10. The summed E-state index contributed by atoms with van der Waals surface area (Å²) in [7, 11) is 0. The van der Waals surface area contributed by atoms with E-state index >= 15 is 0 Å². The van der Waals surface area contributed by atoms with E-state index in [1.54, 1.807) is 4.52 Å². The average molecular weight is 592 g/mol. The third kappa shape index (κ3) is 7.14. The summed E-state index contributed by atoms with van der Waals surface area (Å²) >= 11 is 6.47. The predicted octanol–water partition coefficient (Wildman–Crippen LogP) is 2.13. The van der Waals surface area contributed by atoms with Gasteiger partial charge < -0.3 is 35.6 Å². The summed E-state index contributed by atoms with van der Waals surface area (Å²) in [6.45, 7) is 4.93. The highest BCUT2D eigenvalue weighted by molar-refractivity contribution is 6.31. The molecule has 2 aliphatic rings. The van der Waals surface area contributed by atoms with Crippen LogP contribution >= 0.6 is 11.6 Å². The van der Waals surface area contributed by atoms with Crippen molar-refractivity contribution in [1.29, 1.82) is 0 Å². The van der Waals surface area contributed by atoms with E-state index in [-0.39, 0.29) is 6.79 Å². The van der Waals surface area contributed by atoms with Crippen LogP contribution in [0.4, 0.5) is 5.82 Å². The van der Waals surface area contributed by atoms with E-state index in [9.17, 15) is 14.4 Å². The summed E-state index contributed by atoms with van der Waals surface area (Å²) in [5.41, 5.74) is 7.29. The number of benzene rings is 1. The number of fused-ring (bicyclic) bond motifs is 2. The van der Waals surface area contributed by atoms with Gasteiger partial charge in [-0.05, 0) is 37.9 Å². The van der Waals surface area contributed by atoms with Gasteiger partial charge in [-0.3, -0.25) is 14.5 Å². The number of nitrogens with two attached hydrogens (primary N) is 1. The number of rotatable bonds is 8. The number of aliphatic carboxylic acids is 3. The summed E-state index contributed by atoms with van der Waals surface area (Å²) in [5, 5.41) is 38.9. The van der Waals surface area contributed by atoms with Crippen LogP contribution < -0.4 is 15.2 Å². The van der Waals surface area contributed by atoms with Gasteiger partial charge in [0.05, 0.1) is 24.2 Å². The van der Waals surface area contributed by atoms with Gasteiger partial charge in [0.25, 0.3) is 0 Å². The Balaban J connectivity index is 0.000000254. The molecule has 0 aliphatic carbocycles. The number of nitrogens with zero attached hydrogens (tertiary/aromatic N) is 4. The molecule has 1 atom stereocenters. The fourth-order valence-electron chi connectivity index (χ4n) is 4.82. The summed E-state index contributed by atoms with van der Waals surface area (Å²) < 4.78 is 12.6. The molecular weight excluding hydrogens is 562 g/mol. The minimum absolute atomic E-state index is 0.255. The van der Waals surface area contributed by atoms with Crippen molar-refractivity contribution in [3.8, 4) is 11.5 Å². The van der Waals surface area contributed by atoms with Gasteiger partial charge in [0.2, 0.25) is 6.79 Å². The molecular formula is C26H30ClN5O9. The minimum Gasteiger partial charge on any atom is -0.481 e. The quantitative estimate of drug-likeness (QED) is 0.254. The molecule has 5 rings (SSSR count). The lowest BCUT2D eigenvalue weighted by molar-refractivity contribution is -0.170. The van der Waals surface area contributed by atoms with Crippen LogP contribution in [-0.4, -0.2) is 83.3 Å². The molecule has 1 saturated heterocycles. The zero-order valence-electron chi connectivity index (χ0n) is 22.1. The molecule has 0 radical (unpaired) electrons. The van der Waals surface area contributed by atoms with Crippen LogP contribution in [0.15, 0.2) is 24.3 Å². The van der Waals surface area contributed by atoms with E-state index in [1.807, 2.05) is 31.2 Å². The number of piperidine rings is 1. The Hall–Kier alpha value is -4.14. The number of nitrogen functional groups attached to an aromatic ring is 1. The zero-order chi connectivity index (χ0) is 29.9. The first-order valence-corrected chi connectivity index (χ1v) is 13.0. The molecule has 6 N–H and O–H groups in total. The minimum atomic E-state index is -2.74. The number of halogens is 1. The van der Waals surface area contributed by atoms with Crippen LogP contribution in [-0.2, 0) is 20.9 Å². The molecule has 1 fully saturated rings. The number of aryl methyl sites for hydroxylation is 1. The van der Waals surface area contributed by atoms with Crippen molar-refractivity contribution >= 4 is 41.0 Å². The smallest absolute Gasteiger partial charge is 0.336 e. The fraction of sp³-hybridized carbons (Fsp3) is 0.423. The first-order valence-electron chi connectivity index (χ1n) is 12.7. The Morgan fingerprint density at radius 1 is 1.10 bits per heavy atom. The molecule has 4 heterocycles. The Kier molecular flexibility index (Phi) is 8.85. The number of carboxylic acids is 3. The number of likely N-dealkylation sites (tertiary alicyclic amines) is 1. The average Bonchev–Trinajstić information content (AvgIpc) is 3.49. The van der Waals surface area contributed by atoms with Crippen molar-refractivity contribution in [3.05, 3.63) is 46.2 Å². The molecule has 41 heavy (non-hydrogen) atoms. The third-order valence-electron chi connectivity index (χ3n) is 6.74. The van der Waals surface area contributed by atoms with Gasteiger partial charge in [0.15, 0.2) is 22.7 Å². The van der Waals surface area contributed by atoms with Crippen LogP contribution in [0.3, 0.4) is 0 Å². The highest BCUT2D eigenvalue weighted by atomic mass is 35.5. The Morgan fingerprint density at radius 2 is 1.76 bits per heavy atom. The Morgan fingerprint density at radius 3 is 2.39 bits per heavy atom. The lowest BCUT2D eigenvalue weighted by Crippen LogP contribution is -2.42. The van der Waals surface area contributed by atoms with Crippen LogP contribution in [0, 0.1) is 6.92 Å². The fourth-order valence-corrected chi connectivity index (χ4v) is 5.03. The van der Waals surface area contributed by atoms with Crippen LogP contribution in [0.25, 0.3) is 5.65 Å². The van der Waals surface area contributed by atoms with E-state index < -0.39 is 36.4 Å². The molecule has 3 aromatic rings. The second-order valence-corrected chi connectivity index (χ2v) is 10.4. The number of aromatic nitrogens is 3. The van der Waals surface area contributed by atoms with Crippen molar-refractivity contribution < 1.29 is 44.3 Å². The molecule has 0 spiro atoms. The highest BCUT2D eigenvalue weighted by Crippen LogP contribution is 2.38. The maximum Gasteiger partial charge on any atom is 0.336 e. The number of aliphatic hydroxyl groups is 1. The molecule has 0 saturated carbocycles. The maximum atomic E-state index is 10.3. The standard InChI is InChI=1S/C20H22ClN5O2.C6H8O7/c1-12-5-20-23-16(8-19(22)26(20)24-12)13-3-2-4-25(9-13)10-14-6-17-18(7-15(14)21)28-11-27-17;7-3(8)1-6(13,5(11)12)2-4(9)10/h5-8,13H,2-4,9-11,22H2,1H3;13H,1-2H2,(H,7,8)(H,9,10)(H,11,12). The lowest BCUT2D eigenvalue weighted by Gasteiger charge is -2.32. The van der Waals surface area contributed by atoms with E-state index in [2.05, 4.69) is 10.00 Å². The van der Waals surface area contributed by atoms with E-state index in [4.69, 9.17) is 52.2 Å². The summed E-state index contributed by atoms with van der Waals surface area (Å²) in [5.74, 6) is -2.57. The van der Waals surface area contributed by atoms with Crippen LogP contribution in [0.2, 0.25) is 5.02 Å². The second kappa shape index (κ2) is 12.2. The van der Waals surface area contributed by atoms with Crippen molar-refractivity contribution in [1.82, 2.24) is 19.5 Å². The number of anilines is 1. The summed E-state index contributed by atoms with van der Waals surface area (Å²) in [6.07, 6.45) is -0.0811. The molecule has 220 valence electrons. The first kappa shape index (κ1) is 29.8. The predicted molar refractivity (Wildman–Crippen MR) is 144 cm³/mol. The van der Waals surface area contributed by atoms with Crippen molar-refractivity contribution in [3.63, 3.8) is 0 Å². The number of hydrogen-bond donors (Lipinski definition) is 5. The van der Waals surface area contributed by atoms with Gasteiger partial charge in [-0.1, -0.05) is 11.6 Å². The van der Waals surface area contributed by atoms with Gasteiger partial charge in [-0.2, -0.15) is 9.61 Å². The Bertz CT molecular complexity index is 1460. The van der Waals surface area contributed by atoms with Gasteiger partial charge >= 0.3 is 17.9 Å². The monoisotopic (exact) mass is 591 g/mol. The normalized spacial score (nSPS) is 16.7.